The summed E-state index contributed by atoms with van der Waals surface area (Å²) >= 11 is 0. The molecule has 626 valence electrons. The van der Waals surface area contributed by atoms with E-state index in [1.165, 1.54) is 29.4 Å². The molecule has 6 heterocycles. The smallest absolute Gasteiger partial charge is 0.419 e. The number of nitrogens with two attached hydrogens (primary N) is 2. The van der Waals surface area contributed by atoms with Crippen LogP contribution in [0, 0.1) is 20.8 Å². The first-order valence-corrected chi connectivity index (χ1v) is 38.7. The number of esters is 1. The lowest BCUT2D eigenvalue weighted by Crippen LogP contribution is -2.36. The number of ether oxygens (including phenoxy) is 1. The van der Waals surface area contributed by atoms with Gasteiger partial charge in [0.05, 0.1) is 72.5 Å². The molecule has 3 fully saturated rings. The molecule has 0 aliphatic carbocycles. The predicted molar refractivity (Wildman–Crippen MR) is 443 cm³/mol. The lowest BCUT2D eigenvalue weighted by Gasteiger charge is -2.31. The van der Waals surface area contributed by atoms with Gasteiger partial charge in [0, 0.05) is 37.9 Å². The van der Waals surface area contributed by atoms with Crippen LogP contribution in [0.3, 0.4) is 0 Å². The summed E-state index contributed by atoms with van der Waals surface area (Å²) in [6, 6.07) is 40.0. The van der Waals surface area contributed by atoms with Crippen molar-refractivity contribution in [3.8, 4) is 0 Å². The number of hydrogen-bond acceptors (Lipinski definition) is 15. The summed E-state index contributed by atoms with van der Waals surface area (Å²) in [5.41, 5.74) is 22.6. The summed E-state index contributed by atoms with van der Waals surface area (Å²) in [4.78, 5) is 85.3. The first-order valence-electron chi connectivity index (χ1n) is 38.7. The SMILES string of the molecule is C.C.C.COC(=O)Cc1ccccc1CCc1nc(Cc2ccc(C3CCN([B]C=O)CC3)c(C)c2)ncc1C(F)(F)F.Cc1cc(Cc2ncc(C(F)(F)F)c(CCc3ccccc3CC(N)=O)n2)ccc1C1CCN([B]C=O)CC1.Cc1cc(Cc2ncc(C(F)(F)F)c(CCc3ccccc3CC(N)=O)n2)ccc1C1CCNCC1. The van der Waals surface area contributed by atoms with E-state index in [2.05, 4.69) is 78.5 Å². The molecule has 3 saturated heterocycles. The Morgan fingerprint density at radius 2 is 0.729 bits per heavy atom. The van der Waals surface area contributed by atoms with E-state index in [0.29, 0.717) is 79.3 Å². The number of primary amides is 2. The van der Waals surface area contributed by atoms with Gasteiger partial charge in [-0.25, -0.2) is 29.9 Å². The topological polar surface area (TPSA) is 242 Å². The van der Waals surface area contributed by atoms with Crippen molar-refractivity contribution in [2.75, 3.05) is 46.4 Å². The van der Waals surface area contributed by atoms with Gasteiger partial charge in [0.1, 0.15) is 17.5 Å². The molecule has 0 atom stereocenters. The van der Waals surface area contributed by atoms with Crippen molar-refractivity contribution in [1.29, 1.82) is 0 Å². The number of halogens is 9. The molecule has 28 heteroatoms. The molecule has 0 spiro atoms. The molecular formula is C90H106B2F9N11O6. The van der Waals surface area contributed by atoms with Crippen LogP contribution in [-0.2, 0) is 124 Å². The summed E-state index contributed by atoms with van der Waals surface area (Å²) < 4.78 is 129. The van der Waals surface area contributed by atoms with Crippen LogP contribution in [0.2, 0.25) is 0 Å². The van der Waals surface area contributed by atoms with Crippen LogP contribution in [0.5, 0.6) is 0 Å². The number of carbonyl (C=O) groups is 5. The van der Waals surface area contributed by atoms with E-state index in [1.807, 2.05) is 47.7 Å². The van der Waals surface area contributed by atoms with E-state index < -0.39 is 53.0 Å². The third kappa shape index (κ3) is 27.4. The number of piperidine rings is 3. The third-order valence-corrected chi connectivity index (χ3v) is 21.6. The highest BCUT2D eigenvalue weighted by Gasteiger charge is 2.38. The van der Waals surface area contributed by atoms with Crippen LogP contribution < -0.4 is 16.8 Å². The molecule has 6 aromatic carbocycles. The summed E-state index contributed by atoms with van der Waals surface area (Å²) in [5.74, 6) is 0.974. The van der Waals surface area contributed by atoms with Crippen LogP contribution in [0.4, 0.5) is 39.5 Å². The van der Waals surface area contributed by atoms with Gasteiger partial charge in [0.2, 0.25) is 11.8 Å². The van der Waals surface area contributed by atoms with Crippen LogP contribution in [0.1, 0.15) is 213 Å². The maximum Gasteiger partial charge on any atom is 0.419 e. The predicted octanol–water partition coefficient (Wildman–Crippen LogP) is 15.7. The number of benzene rings is 6. The molecular weight excluding hydrogens is 1520 g/mol. The van der Waals surface area contributed by atoms with Crippen molar-refractivity contribution in [3.63, 3.8) is 0 Å². The van der Waals surface area contributed by atoms with Gasteiger partial charge in [-0.15, -0.1) is 0 Å². The summed E-state index contributed by atoms with van der Waals surface area (Å²) in [6.07, 6.45) is -1.16. The number of nitrogens with one attached hydrogen (secondary N) is 1. The molecule has 118 heavy (non-hydrogen) atoms. The molecule has 3 aromatic heterocycles. The first-order chi connectivity index (χ1) is 55.0. The lowest BCUT2D eigenvalue weighted by atomic mass is 9.82. The van der Waals surface area contributed by atoms with Gasteiger partial charge in [-0.2, -0.15) is 39.5 Å². The number of nitrogens with zero attached hydrogens (tertiary/aromatic N) is 8. The average molecular weight is 1630 g/mol. The number of aromatic nitrogens is 6. The van der Waals surface area contributed by atoms with Crippen molar-refractivity contribution >= 4 is 45.0 Å². The van der Waals surface area contributed by atoms with Crippen molar-refractivity contribution in [2.45, 2.75) is 195 Å². The number of methoxy groups -OCH3 is 1. The maximum absolute atomic E-state index is 13.8. The number of alkyl halides is 9. The van der Waals surface area contributed by atoms with Crippen LogP contribution >= 0.6 is 0 Å². The van der Waals surface area contributed by atoms with Crippen molar-refractivity contribution in [1.82, 2.24) is 44.8 Å². The monoisotopic (exact) mass is 1630 g/mol. The molecule has 2 amide bonds. The normalized spacial score (nSPS) is 14.3. The molecule has 0 bridgehead atoms. The van der Waals surface area contributed by atoms with Crippen molar-refractivity contribution in [3.05, 3.63) is 281 Å². The van der Waals surface area contributed by atoms with Crippen LogP contribution in [-0.4, -0.2) is 131 Å². The Kier molecular flexibility index (Phi) is 35.7. The van der Waals surface area contributed by atoms with Crippen molar-refractivity contribution < 1.29 is 68.2 Å². The Labute approximate surface area is 688 Å². The maximum atomic E-state index is 13.8. The zero-order valence-corrected chi connectivity index (χ0v) is 65.0. The number of rotatable bonds is 28. The lowest BCUT2D eigenvalue weighted by molar-refractivity contribution is -0.140. The number of hydrogen-bond donors (Lipinski definition) is 3. The summed E-state index contributed by atoms with van der Waals surface area (Å²) in [6.45, 7) is 11.5. The standard InChI is InChI=1S/C30H32BF3N3O3.C29H31BF3N4O2.C28H31F3N4O.3CH4/c1-20-15-21(7-9-25(20)23-11-13-37(14-12-23)31-19-38)16-28-35-18-26(30(32,33)34)27(36-28)10-8-22-5-3-4-6-24(22)17-29(39)40-2;1-19-14-20(6-8-24(19)22-10-12-37(13-11-22)30-18-38)15-28-35-17-25(29(31,32)33)26(36-28)9-7-21-4-2-3-5-23(21)16-27(34)39;1-18-14-19(6-8-23(18)21-10-12-33-13-11-21)15-27-34-17-24(28(29,30)31)25(35-27)9-7-20-4-2-3-5-22(20)16-26(32)36;;;/h3-7,9,15,18-19,23H,8,10-14,16-17H2,1-2H3;2-6,8,14,17-18,22H,7,9-13,15-16H2,1H3,(H2,34,39);2-6,8,14,17,21,33H,7,9-13,15-16H2,1H3,(H2,32,36);3*1H4. The van der Waals surface area contributed by atoms with E-state index in [1.54, 1.807) is 81.6 Å². The summed E-state index contributed by atoms with van der Waals surface area (Å²) in [5, 5.41) is 3.38. The molecule has 12 rings (SSSR count). The minimum absolute atomic E-state index is 0. The van der Waals surface area contributed by atoms with Crippen LogP contribution in [0.25, 0.3) is 0 Å². The van der Waals surface area contributed by atoms with Gasteiger partial charge in [-0.3, -0.25) is 14.4 Å². The van der Waals surface area contributed by atoms with Gasteiger partial charge in [0.15, 0.2) is 0 Å². The Bertz CT molecular complexity index is 4830. The van der Waals surface area contributed by atoms with E-state index in [9.17, 15) is 63.5 Å². The van der Waals surface area contributed by atoms with E-state index >= 15 is 0 Å². The molecule has 3 aliphatic rings. The molecule has 9 aromatic rings. The Morgan fingerprint density at radius 3 is 1.00 bits per heavy atom. The Balaban J connectivity index is 0.000000242. The second-order valence-electron chi connectivity index (χ2n) is 29.6. The Morgan fingerprint density at radius 1 is 0.441 bits per heavy atom. The third-order valence-electron chi connectivity index (χ3n) is 21.6. The zero-order chi connectivity index (χ0) is 82.4. The highest BCUT2D eigenvalue weighted by atomic mass is 19.4. The number of aryl methyl sites for hydroxylation is 9. The quantitative estimate of drug-likeness (QED) is 0.0179. The van der Waals surface area contributed by atoms with Crippen molar-refractivity contribution in [2.24, 2.45) is 11.5 Å². The first kappa shape index (κ1) is 94.8. The van der Waals surface area contributed by atoms with Gasteiger partial charge in [-0.05, 0) is 238 Å². The second kappa shape index (κ2) is 44.5. The van der Waals surface area contributed by atoms with E-state index in [4.69, 9.17) is 16.2 Å². The fraction of sp³-hybridized carbons (Fsp3) is 0.411. The number of amides is 2. The molecule has 17 nitrogen and oxygen atoms in total. The molecule has 5 N–H and O–H groups in total. The highest BCUT2D eigenvalue weighted by molar-refractivity contribution is 6.64. The largest absolute Gasteiger partial charge is 0.469 e. The minimum atomic E-state index is -4.57. The van der Waals surface area contributed by atoms with Crippen LogP contribution in [0.15, 0.2) is 146 Å². The summed E-state index contributed by atoms with van der Waals surface area (Å²) in [7, 11) is 4.48. The second-order valence-corrected chi connectivity index (χ2v) is 29.6. The van der Waals surface area contributed by atoms with Gasteiger partial charge >= 0.3 is 24.5 Å². The number of carbonyl (C=O) groups excluding carboxylic acids is 5. The molecule has 2 radical (unpaired) electrons. The minimum Gasteiger partial charge on any atom is -0.469 e. The fourth-order valence-electron chi connectivity index (χ4n) is 15.7. The fourth-order valence-corrected chi connectivity index (χ4v) is 15.7. The van der Waals surface area contributed by atoms with E-state index in [0.717, 1.165) is 164 Å². The molecule has 0 unspecified atom stereocenters. The van der Waals surface area contributed by atoms with Gasteiger partial charge < -0.3 is 40.7 Å². The zero-order valence-electron chi connectivity index (χ0n) is 65.0. The Hall–Kier alpha value is -10.3. The average Bonchev–Trinajstić information content (AvgIpc) is 0.812. The highest BCUT2D eigenvalue weighted by Crippen LogP contribution is 2.38. The van der Waals surface area contributed by atoms with Gasteiger partial charge in [0.25, 0.3) is 14.8 Å². The van der Waals surface area contributed by atoms with E-state index in [-0.39, 0.29) is 77.9 Å². The molecule has 3 aliphatic heterocycles. The van der Waals surface area contributed by atoms with Gasteiger partial charge in [-0.1, -0.05) is 150 Å². The molecule has 0 saturated carbocycles.